The fraction of sp³-hybridized carbons (Fsp3) is 1.00. The van der Waals surface area contributed by atoms with Gasteiger partial charge in [0.1, 0.15) is 0 Å². The number of likely N-dealkylation sites (tertiary alicyclic amines) is 2. The lowest BCUT2D eigenvalue weighted by molar-refractivity contribution is 0.0423. The van der Waals surface area contributed by atoms with Crippen LogP contribution < -0.4 is 5.73 Å². The Kier molecular flexibility index (Phi) is 6.31. The van der Waals surface area contributed by atoms with Crippen LogP contribution in [0.15, 0.2) is 0 Å². The van der Waals surface area contributed by atoms with Crippen molar-refractivity contribution < 1.29 is 0 Å². The predicted octanol–water partition coefficient (Wildman–Crippen LogP) is 2.70. The Morgan fingerprint density at radius 2 is 1.80 bits per heavy atom. The minimum Gasteiger partial charge on any atom is -0.329 e. The molecular weight excluding hydrogens is 246 g/mol. The topological polar surface area (TPSA) is 32.5 Å². The van der Waals surface area contributed by atoms with Gasteiger partial charge in [-0.25, -0.2) is 0 Å². The largest absolute Gasteiger partial charge is 0.329 e. The third-order valence-electron chi connectivity index (χ3n) is 5.79. The molecule has 118 valence electrons. The second-order valence-corrected chi connectivity index (χ2v) is 6.96. The lowest BCUT2D eigenvalue weighted by atomic mass is 9.84. The molecule has 0 aromatic rings. The first kappa shape index (κ1) is 16.3. The van der Waals surface area contributed by atoms with Gasteiger partial charge in [0.25, 0.3) is 0 Å². The van der Waals surface area contributed by atoms with Gasteiger partial charge >= 0.3 is 0 Å². The van der Waals surface area contributed by atoms with Gasteiger partial charge in [-0.1, -0.05) is 20.3 Å². The molecule has 0 saturated carbocycles. The number of nitrogens with zero attached hydrogens (tertiary/aromatic N) is 2. The summed E-state index contributed by atoms with van der Waals surface area (Å²) in [6, 6.07) is 0. The molecule has 2 heterocycles. The van der Waals surface area contributed by atoms with Crippen LogP contribution >= 0.6 is 0 Å². The minimum atomic E-state index is 0.307. The third-order valence-corrected chi connectivity index (χ3v) is 5.79. The van der Waals surface area contributed by atoms with E-state index in [1.54, 1.807) is 0 Å². The molecule has 0 spiro atoms. The summed E-state index contributed by atoms with van der Waals surface area (Å²) in [5, 5.41) is 0. The Balaban J connectivity index is 1.95. The monoisotopic (exact) mass is 281 g/mol. The smallest absolute Gasteiger partial charge is 0.0344 e. The van der Waals surface area contributed by atoms with E-state index in [-0.39, 0.29) is 0 Å². The van der Waals surface area contributed by atoms with E-state index in [0.717, 1.165) is 12.5 Å². The van der Waals surface area contributed by atoms with Crippen LogP contribution in [0.5, 0.6) is 0 Å². The van der Waals surface area contributed by atoms with Crippen LogP contribution in [0.1, 0.15) is 58.8 Å². The van der Waals surface area contributed by atoms with Crippen LogP contribution in [0.3, 0.4) is 0 Å². The van der Waals surface area contributed by atoms with Crippen molar-refractivity contribution in [1.82, 2.24) is 9.80 Å². The predicted molar refractivity (Wildman–Crippen MR) is 87.0 cm³/mol. The molecule has 1 unspecified atom stereocenters. The lowest BCUT2D eigenvalue weighted by Crippen LogP contribution is -2.56. The van der Waals surface area contributed by atoms with Crippen molar-refractivity contribution in [2.24, 2.45) is 11.7 Å². The lowest BCUT2D eigenvalue weighted by Gasteiger charge is -2.46. The second kappa shape index (κ2) is 7.77. The molecule has 3 nitrogen and oxygen atoms in total. The second-order valence-electron chi connectivity index (χ2n) is 6.96. The summed E-state index contributed by atoms with van der Waals surface area (Å²) in [7, 11) is 0. The van der Waals surface area contributed by atoms with Crippen LogP contribution in [0, 0.1) is 5.92 Å². The van der Waals surface area contributed by atoms with Crippen LogP contribution in [0.2, 0.25) is 0 Å². The van der Waals surface area contributed by atoms with Crippen molar-refractivity contribution in [1.29, 1.82) is 0 Å². The van der Waals surface area contributed by atoms with Crippen LogP contribution in [-0.2, 0) is 0 Å². The van der Waals surface area contributed by atoms with Crippen molar-refractivity contribution >= 4 is 0 Å². The number of piperidine rings is 1. The molecule has 0 aliphatic carbocycles. The number of hydrogen-bond acceptors (Lipinski definition) is 3. The maximum atomic E-state index is 6.26. The zero-order valence-electron chi connectivity index (χ0n) is 13.7. The Morgan fingerprint density at radius 3 is 2.40 bits per heavy atom. The molecule has 2 rings (SSSR count). The average Bonchev–Trinajstić information content (AvgIpc) is 2.71. The van der Waals surface area contributed by atoms with Crippen molar-refractivity contribution in [3.8, 4) is 0 Å². The van der Waals surface area contributed by atoms with Gasteiger partial charge in [-0.3, -0.25) is 4.90 Å². The standard InChI is InChI=1S/C17H35N3/c1-3-10-19-11-5-8-17(15-18,9-14-19)20-12-6-16(4-2)7-13-20/h16H,3-15,18H2,1-2H3. The van der Waals surface area contributed by atoms with Crippen LogP contribution in [0.25, 0.3) is 0 Å². The summed E-state index contributed by atoms with van der Waals surface area (Å²) in [6.45, 7) is 11.8. The highest BCUT2D eigenvalue weighted by atomic mass is 15.2. The molecule has 20 heavy (non-hydrogen) atoms. The number of nitrogens with two attached hydrogens (primary N) is 1. The molecule has 2 aliphatic heterocycles. The van der Waals surface area contributed by atoms with E-state index >= 15 is 0 Å². The first-order chi connectivity index (χ1) is 9.74. The van der Waals surface area contributed by atoms with Crippen molar-refractivity contribution in [3.05, 3.63) is 0 Å². The highest BCUT2D eigenvalue weighted by molar-refractivity contribution is 4.96. The van der Waals surface area contributed by atoms with Gasteiger partial charge in [0.2, 0.25) is 0 Å². The summed E-state index contributed by atoms with van der Waals surface area (Å²) in [5.74, 6) is 0.962. The van der Waals surface area contributed by atoms with E-state index in [1.807, 2.05) is 0 Å². The molecular formula is C17H35N3. The van der Waals surface area contributed by atoms with Gasteiger partial charge in [-0.15, -0.1) is 0 Å². The van der Waals surface area contributed by atoms with Crippen molar-refractivity contribution in [2.75, 3.05) is 39.3 Å². The fourth-order valence-corrected chi connectivity index (χ4v) is 4.24. The van der Waals surface area contributed by atoms with E-state index in [0.29, 0.717) is 5.54 Å². The summed E-state index contributed by atoms with van der Waals surface area (Å²) in [5.41, 5.74) is 6.57. The first-order valence-corrected chi connectivity index (χ1v) is 8.91. The highest BCUT2D eigenvalue weighted by Crippen LogP contribution is 2.32. The van der Waals surface area contributed by atoms with Crippen LogP contribution in [0.4, 0.5) is 0 Å². The minimum absolute atomic E-state index is 0.307. The van der Waals surface area contributed by atoms with Gasteiger partial charge in [0, 0.05) is 12.1 Å². The Labute approximate surface area is 125 Å². The SMILES string of the molecule is CCCN1CCCC(CN)(N2CCC(CC)CC2)CC1. The molecule has 2 N–H and O–H groups in total. The molecule has 0 amide bonds. The number of rotatable bonds is 5. The van der Waals surface area contributed by atoms with Gasteiger partial charge in [-0.05, 0) is 77.2 Å². The average molecular weight is 281 g/mol. The van der Waals surface area contributed by atoms with E-state index in [4.69, 9.17) is 5.73 Å². The Hall–Kier alpha value is -0.120. The first-order valence-electron chi connectivity index (χ1n) is 8.91. The maximum absolute atomic E-state index is 6.26. The molecule has 1 atom stereocenters. The van der Waals surface area contributed by atoms with E-state index < -0.39 is 0 Å². The zero-order valence-corrected chi connectivity index (χ0v) is 13.7. The van der Waals surface area contributed by atoms with Crippen LogP contribution in [-0.4, -0.2) is 54.6 Å². The van der Waals surface area contributed by atoms with Crippen molar-refractivity contribution in [2.45, 2.75) is 64.3 Å². The molecule has 2 saturated heterocycles. The maximum Gasteiger partial charge on any atom is 0.0344 e. The zero-order chi connectivity index (χ0) is 14.4. The van der Waals surface area contributed by atoms with E-state index in [2.05, 4.69) is 23.6 Å². The number of hydrogen-bond donors (Lipinski definition) is 1. The molecule has 0 bridgehead atoms. The molecule has 0 aromatic heterocycles. The van der Waals surface area contributed by atoms with E-state index in [1.165, 1.54) is 77.7 Å². The van der Waals surface area contributed by atoms with Gasteiger partial charge in [-0.2, -0.15) is 0 Å². The van der Waals surface area contributed by atoms with Crippen molar-refractivity contribution in [3.63, 3.8) is 0 Å². The summed E-state index contributed by atoms with van der Waals surface area (Å²) < 4.78 is 0. The molecule has 2 aliphatic rings. The summed E-state index contributed by atoms with van der Waals surface area (Å²) >= 11 is 0. The van der Waals surface area contributed by atoms with Gasteiger partial charge < -0.3 is 10.6 Å². The molecule has 2 fully saturated rings. The van der Waals surface area contributed by atoms with E-state index in [9.17, 15) is 0 Å². The van der Waals surface area contributed by atoms with Gasteiger partial charge in [0.15, 0.2) is 0 Å². The molecule has 3 heteroatoms. The third kappa shape index (κ3) is 3.75. The highest BCUT2D eigenvalue weighted by Gasteiger charge is 2.38. The normalized spacial score (nSPS) is 31.4. The molecule has 0 aromatic carbocycles. The summed E-state index contributed by atoms with van der Waals surface area (Å²) in [6.07, 6.45) is 9.31. The Bertz CT molecular complexity index is 273. The molecule has 0 radical (unpaired) electrons. The quantitative estimate of drug-likeness (QED) is 0.841. The Morgan fingerprint density at radius 1 is 1.05 bits per heavy atom. The fourth-order valence-electron chi connectivity index (χ4n) is 4.24. The van der Waals surface area contributed by atoms with Gasteiger partial charge in [0.05, 0.1) is 0 Å². The summed E-state index contributed by atoms with van der Waals surface area (Å²) in [4.78, 5) is 5.41.